The molecule has 0 heterocycles. The van der Waals surface area contributed by atoms with Gasteiger partial charge in [-0.25, -0.2) is 0 Å². The van der Waals surface area contributed by atoms with E-state index in [1.54, 1.807) is 0 Å². The molecular formula is C8H17NO3S2. The number of thiol groups is 1. The lowest BCUT2D eigenvalue weighted by Gasteiger charge is -2.22. The Kier molecular flexibility index (Phi) is 8.50. The highest BCUT2D eigenvalue weighted by atomic mass is 32.1. The normalized spacial score (nSPS) is 12.9. The smallest absolute Gasteiger partial charge is 0.185 e. The molecule has 0 aromatic carbocycles. The van der Waals surface area contributed by atoms with E-state index < -0.39 is 12.4 Å². The largest absolute Gasteiger partial charge is 0.386 e. The topological polar surface area (TPSA) is 50.7 Å². The summed E-state index contributed by atoms with van der Waals surface area (Å²) in [5.41, 5.74) is 0. The molecule has 0 saturated carbocycles. The summed E-state index contributed by atoms with van der Waals surface area (Å²) in [4.78, 5) is 0. The minimum Gasteiger partial charge on any atom is -0.386 e. The molecule has 2 N–H and O–H groups in total. The van der Waals surface area contributed by atoms with Crippen LogP contribution in [-0.2, 0) is 9.47 Å². The van der Waals surface area contributed by atoms with Crippen molar-refractivity contribution in [3.63, 3.8) is 0 Å². The number of rotatable bonds is 7. The first-order valence-corrected chi connectivity index (χ1v) is 5.35. The molecule has 0 spiro atoms. The molecule has 0 fully saturated rings. The SMILES string of the molecule is CCOC(OCC)C(O)CNC(=S)S. The van der Waals surface area contributed by atoms with Crippen LogP contribution in [0.25, 0.3) is 0 Å². The second-order valence-corrected chi connectivity index (χ2v) is 3.69. The third-order valence-electron chi connectivity index (χ3n) is 1.44. The first-order chi connectivity index (χ1) is 6.61. The first-order valence-electron chi connectivity index (χ1n) is 4.49. The Labute approximate surface area is 95.4 Å². The zero-order chi connectivity index (χ0) is 11.0. The summed E-state index contributed by atoms with van der Waals surface area (Å²) in [6.07, 6.45) is -1.36. The molecule has 0 aliphatic rings. The van der Waals surface area contributed by atoms with Crippen LogP contribution in [-0.4, -0.2) is 41.6 Å². The minimum atomic E-state index is -0.750. The van der Waals surface area contributed by atoms with E-state index in [1.165, 1.54) is 0 Å². The molecule has 84 valence electrons. The fourth-order valence-electron chi connectivity index (χ4n) is 0.887. The van der Waals surface area contributed by atoms with Gasteiger partial charge >= 0.3 is 0 Å². The number of hydrogen-bond acceptors (Lipinski definition) is 4. The molecule has 0 radical (unpaired) electrons. The average molecular weight is 239 g/mol. The second-order valence-electron chi connectivity index (χ2n) is 2.53. The predicted octanol–water partition coefficient (Wildman–Crippen LogP) is 0.551. The Morgan fingerprint density at radius 2 is 1.93 bits per heavy atom. The highest BCUT2D eigenvalue weighted by Gasteiger charge is 2.19. The van der Waals surface area contributed by atoms with Gasteiger partial charge in [0.15, 0.2) is 6.29 Å². The summed E-state index contributed by atoms with van der Waals surface area (Å²) in [6.45, 7) is 4.94. The van der Waals surface area contributed by atoms with Gasteiger partial charge in [-0.05, 0) is 13.8 Å². The van der Waals surface area contributed by atoms with Gasteiger partial charge in [-0.1, -0.05) is 12.2 Å². The maximum Gasteiger partial charge on any atom is 0.185 e. The van der Waals surface area contributed by atoms with Crippen molar-refractivity contribution in [2.45, 2.75) is 26.2 Å². The zero-order valence-corrected chi connectivity index (χ0v) is 10.1. The molecule has 1 unspecified atom stereocenters. The van der Waals surface area contributed by atoms with Gasteiger partial charge in [-0.2, -0.15) is 0 Å². The van der Waals surface area contributed by atoms with Crippen LogP contribution in [0.4, 0.5) is 0 Å². The summed E-state index contributed by atoms with van der Waals surface area (Å²) < 4.78 is 10.7. The van der Waals surface area contributed by atoms with Crippen LogP contribution in [0.5, 0.6) is 0 Å². The van der Waals surface area contributed by atoms with E-state index in [4.69, 9.17) is 21.7 Å². The number of ether oxygens (including phenoxy) is 2. The fourth-order valence-corrected chi connectivity index (χ4v) is 1.06. The van der Waals surface area contributed by atoms with Gasteiger partial charge < -0.3 is 19.9 Å². The lowest BCUT2D eigenvalue weighted by Crippen LogP contribution is -2.40. The van der Waals surface area contributed by atoms with Crippen LogP contribution in [0.15, 0.2) is 0 Å². The van der Waals surface area contributed by atoms with Crippen LogP contribution in [0, 0.1) is 0 Å². The van der Waals surface area contributed by atoms with Crippen molar-refractivity contribution in [3.05, 3.63) is 0 Å². The van der Waals surface area contributed by atoms with E-state index in [0.29, 0.717) is 17.5 Å². The van der Waals surface area contributed by atoms with Crippen molar-refractivity contribution in [1.82, 2.24) is 5.32 Å². The number of aliphatic hydroxyl groups excluding tert-OH is 1. The first kappa shape index (κ1) is 14.1. The minimum absolute atomic E-state index is 0.271. The maximum absolute atomic E-state index is 9.61. The molecule has 0 rings (SSSR count). The molecule has 0 saturated heterocycles. The van der Waals surface area contributed by atoms with E-state index in [-0.39, 0.29) is 6.54 Å². The Bertz CT molecular complexity index is 163. The number of thiocarbonyl (C=S) groups is 1. The third-order valence-corrected chi connectivity index (χ3v) is 1.74. The highest BCUT2D eigenvalue weighted by Crippen LogP contribution is 2.01. The van der Waals surface area contributed by atoms with E-state index in [9.17, 15) is 5.11 Å². The summed E-state index contributed by atoms with van der Waals surface area (Å²) in [5, 5.41) is 12.3. The van der Waals surface area contributed by atoms with E-state index >= 15 is 0 Å². The second kappa shape index (κ2) is 8.43. The molecular weight excluding hydrogens is 222 g/mol. The number of hydrogen-bond donors (Lipinski definition) is 3. The quantitative estimate of drug-likeness (QED) is 0.344. The number of aliphatic hydroxyl groups is 1. The van der Waals surface area contributed by atoms with E-state index in [1.807, 2.05) is 13.8 Å². The van der Waals surface area contributed by atoms with Crippen molar-refractivity contribution < 1.29 is 14.6 Å². The fraction of sp³-hybridized carbons (Fsp3) is 0.875. The molecule has 0 aliphatic carbocycles. The Balaban J connectivity index is 3.86. The molecule has 1 atom stereocenters. The third kappa shape index (κ3) is 6.56. The Morgan fingerprint density at radius 1 is 1.43 bits per heavy atom. The summed E-state index contributed by atoms with van der Waals surface area (Å²) >= 11 is 8.56. The van der Waals surface area contributed by atoms with Crippen molar-refractivity contribution in [2.75, 3.05) is 19.8 Å². The predicted molar refractivity (Wildman–Crippen MR) is 62.6 cm³/mol. The van der Waals surface area contributed by atoms with Gasteiger partial charge in [0, 0.05) is 19.8 Å². The van der Waals surface area contributed by atoms with Gasteiger partial charge in [-0.15, -0.1) is 12.6 Å². The molecule has 14 heavy (non-hydrogen) atoms. The molecule has 0 aromatic heterocycles. The zero-order valence-electron chi connectivity index (χ0n) is 8.40. The Morgan fingerprint density at radius 3 is 2.29 bits per heavy atom. The van der Waals surface area contributed by atoms with Gasteiger partial charge in [0.1, 0.15) is 10.4 Å². The van der Waals surface area contributed by atoms with Crippen molar-refractivity contribution in [1.29, 1.82) is 0 Å². The van der Waals surface area contributed by atoms with Crippen molar-refractivity contribution >= 4 is 29.2 Å². The van der Waals surface area contributed by atoms with Crippen LogP contribution >= 0.6 is 24.8 Å². The molecule has 0 aliphatic heterocycles. The monoisotopic (exact) mass is 239 g/mol. The molecule has 6 heteroatoms. The van der Waals surface area contributed by atoms with Crippen molar-refractivity contribution in [2.24, 2.45) is 0 Å². The van der Waals surface area contributed by atoms with Gasteiger partial charge in [0.05, 0.1) is 0 Å². The summed E-state index contributed by atoms with van der Waals surface area (Å²) in [6, 6.07) is 0. The average Bonchev–Trinajstić information content (AvgIpc) is 2.14. The van der Waals surface area contributed by atoms with Crippen LogP contribution < -0.4 is 5.32 Å². The van der Waals surface area contributed by atoms with E-state index in [0.717, 1.165) is 0 Å². The van der Waals surface area contributed by atoms with Gasteiger partial charge in [0.25, 0.3) is 0 Å². The lowest BCUT2D eigenvalue weighted by molar-refractivity contribution is -0.187. The Hall–Kier alpha value is 0.120. The summed E-state index contributed by atoms with van der Waals surface area (Å²) in [7, 11) is 0. The van der Waals surface area contributed by atoms with Crippen LogP contribution in [0.3, 0.4) is 0 Å². The standard InChI is InChI=1S/C8H17NO3S2/c1-3-11-7(12-4-2)6(10)5-9-8(13)14/h6-7,10H,3-5H2,1-2H3,(H2,9,13,14). The molecule has 0 amide bonds. The maximum atomic E-state index is 9.61. The molecule has 4 nitrogen and oxygen atoms in total. The molecule has 0 bridgehead atoms. The molecule has 0 aromatic rings. The van der Waals surface area contributed by atoms with Crippen LogP contribution in [0.2, 0.25) is 0 Å². The highest BCUT2D eigenvalue weighted by molar-refractivity contribution is 8.11. The van der Waals surface area contributed by atoms with Gasteiger partial charge in [-0.3, -0.25) is 0 Å². The lowest BCUT2D eigenvalue weighted by atomic mass is 10.3. The van der Waals surface area contributed by atoms with E-state index in [2.05, 4.69) is 17.9 Å². The van der Waals surface area contributed by atoms with Crippen LogP contribution in [0.1, 0.15) is 13.8 Å². The number of nitrogens with one attached hydrogen (secondary N) is 1. The summed E-state index contributed by atoms with van der Waals surface area (Å²) in [5.74, 6) is 0. The van der Waals surface area contributed by atoms with Gasteiger partial charge in [0.2, 0.25) is 0 Å². The van der Waals surface area contributed by atoms with Crippen molar-refractivity contribution in [3.8, 4) is 0 Å².